The minimum atomic E-state index is -0.230. The van der Waals surface area contributed by atoms with Crippen molar-refractivity contribution < 1.29 is 35.9 Å². The van der Waals surface area contributed by atoms with Crippen LogP contribution in [0.2, 0.25) is 0 Å². The number of ketones is 3. The van der Waals surface area contributed by atoms with E-state index in [2.05, 4.69) is 0 Å². The van der Waals surface area contributed by atoms with Gasteiger partial charge in [-0.25, -0.2) is 9.13 Å². The smallest absolute Gasteiger partial charge is 0.245 e. The lowest BCUT2D eigenvalue weighted by Gasteiger charge is -2.12. The van der Waals surface area contributed by atoms with Gasteiger partial charge in [0.2, 0.25) is 35.1 Å². The molecule has 26 heavy (non-hydrogen) atoms. The lowest BCUT2D eigenvalue weighted by Crippen LogP contribution is -3.00. The second-order valence-corrected chi connectivity index (χ2v) is 6.04. The van der Waals surface area contributed by atoms with Crippen molar-refractivity contribution in [3.05, 3.63) is 89.0 Å². The summed E-state index contributed by atoms with van der Waals surface area (Å²) in [5.41, 5.74) is 1.96. The fourth-order valence-corrected chi connectivity index (χ4v) is 3.26. The van der Waals surface area contributed by atoms with E-state index in [0.717, 1.165) is 0 Å². The highest BCUT2D eigenvalue weighted by molar-refractivity contribution is 6.26. The summed E-state index contributed by atoms with van der Waals surface area (Å²) in [5.74, 6) is -0.539. The maximum atomic E-state index is 12.9. The zero-order valence-electron chi connectivity index (χ0n) is 14.0. The predicted molar refractivity (Wildman–Crippen MR) is 89.7 cm³/mol. The van der Waals surface area contributed by atoms with E-state index in [1.165, 1.54) is 0 Å². The van der Waals surface area contributed by atoms with E-state index < -0.39 is 0 Å². The Morgan fingerprint density at radius 2 is 1.50 bits per heavy atom. The van der Waals surface area contributed by atoms with Crippen LogP contribution in [-0.4, -0.2) is 21.9 Å². The standard InChI is InChI=1S/C20H15N2O3.BrH/c1-21-12-22(11-16(23)13-7-3-2-4-8-13)18-17(21)19(24)14-9-5-6-10-15(14)20(18)25;/h2-10,12H,11H2,1H3;1H/q+1;/p-1. The van der Waals surface area contributed by atoms with Crippen LogP contribution in [0.5, 0.6) is 0 Å². The molecule has 6 heteroatoms. The van der Waals surface area contributed by atoms with Gasteiger partial charge in [-0.15, -0.1) is 0 Å². The quantitative estimate of drug-likeness (QED) is 0.320. The second-order valence-electron chi connectivity index (χ2n) is 6.04. The van der Waals surface area contributed by atoms with Crippen LogP contribution in [-0.2, 0) is 13.6 Å². The normalized spacial score (nSPS) is 12.2. The number of carbonyl (C=O) groups excluding carboxylic acids is 3. The number of fused-ring (bicyclic) bond motifs is 2. The molecule has 0 aliphatic heterocycles. The third-order valence-electron chi connectivity index (χ3n) is 4.43. The molecule has 0 radical (unpaired) electrons. The summed E-state index contributed by atoms with van der Waals surface area (Å²) in [4.78, 5) is 38.2. The highest BCUT2D eigenvalue weighted by Crippen LogP contribution is 2.25. The van der Waals surface area contributed by atoms with E-state index >= 15 is 0 Å². The number of aromatic nitrogens is 2. The molecule has 2 aromatic carbocycles. The summed E-state index contributed by atoms with van der Waals surface area (Å²) in [6.45, 7) is 0.00831. The zero-order valence-corrected chi connectivity index (χ0v) is 15.6. The van der Waals surface area contributed by atoms with Gasteiger partial charge in [-0.1, -0.05) is 54.6 Å². The Morgan fingerprint density at radius 1 is 0.923 bits per heavy atom. The molecular formula is C20H15BrN2O3. The average molecular weight is 411 g/mol. The van der Waals surface area contributed by atoms with Gasteiger partial charge in [-0.3, -0.25) is 14.4 Å². The van der Waals surface area contributed by atoms with Crippen molar-refractivity contribution in [2.24, 2.45) is 7.05 Å². The molecule has 1 aliphatic rings. The van der Waals surface area contributed by atoms with Crippen LogP contribution in [0.4, 0.5) is 0 Å². The number of Topliss-reactive ketones (excluding diaryl/α,β-unsaturated/α-hetero) is 1. The van der Waals surface area contributed by atoms with Crippen LogP contribution in [0, 0.1) is 0 Å². The van der Waals surface area contributed by atoms with Gasteiger partial charge in [0.1, 0.15) is 0 Å². The molecule has 1 aliphatic carbocycles. The van der Waals surface area contributed by atoms with Crippen molar-refractivity contribution in [1.29, 1.82) is 0 Å². The third-order valence-corrected chi connectivity index (χ3v) is 4.43. The Bertz CT molecular complexity index is 1040. The van der Waals surface area contributed by atoms with E-state index in [1.807, 2.05) is 6.07 Å². The largest absolute Gasteiger partial charge is 1.00 e. The molecule has 0 spiro atoms. The number of aryl methyl sites for hydroxylation is 1. The fraction of sp³-hybridized carbons (Fsp3) is 0.100. The summed E-state index contributed by atoms with van der Waals surface area (Å²) < 4.78 is 3.19. The monoisotopic (exact) mass is 410 g/mol. The number of imidazole rings is 1. The van der Waals surface area contributed by atoms with Crippen molar-refractivity contribution in [1.82, 2.24) is 4.57 Å². The first kappa shape index (κ1) is 17.9. The van der Waals surface area contributed by atoms with E-state index in [-0.39, 0.29) is 46.6 Å². The van der Waals surface area contributed by atoms with Crippen LogP contribution < -0.4 is 21.5 Å². The van der Waals surface area contributed by atoms with Gasteiger partial charge in [0.05, 0.1) is 7.05 Å². The minimum absolute atomic E-state index is 0. The summed E-state index contributed by atoms with van der Waals surface area (Å²) in [6, 6.07) is 15.7. The van der Waals surface area contributed by atoms with Gasteiger partial charge < -0.3 is 17.0 Å². The van der Waals surface area contributed by atoms with E-state index in [4.69, 9.17) is 0 Å². The molecule has 4 rings (SSSR count). The molecule has 0 saturated carbocycles. The molecule has 130 valence electrons. The van der Waals surface area contributed by atoms with Gasteiger partial charge in [0.25, 0.3) is 0 Å². The molecule has 1 aromatic heterocycles. The summed E-state index contributed by atoms with van der Waals surface area (Å²) >= 11 is 0. The molecule has 0 fully saturated rings. The maximum Gasteiger partial charge on any atom is 0.245 e. The number of rotatable bonds is 3. The highest BCUT2D eigenvalue weighted by Gasteiger charge is 2.40. The Hall–Kier alpha value is -2.86. The highest BCUT2D eigenvalue weighted by atomic mass is 79.9. The summed E-state index contributed by atoms with van der Waals surface area (Å²) in [7, 11) is 1.71. The van der Waals surface area contributed by atoms with Crippen molar-refractivity contribution >= 4 is 17.3 Å². The number of carbonyl (C=O) groups is 3. The first-order valence-corrected chi connectivity index (χ1v) is 7.93. The molecule has 0 unspecified atom stereocenters. The van der Waals surface area contributed by atoms with Crippen LogP contribution in [0.15, 0.2) is 60.9 Å². The van der Waals surface area contributed by atoms with Gasteiger partial charge >= 0.3 is 0 Å². The van der Waals surface area contributed by atoms with Crippen LogP contribution >= 0.6 is 0 Å². The van der Waals surface area contributed by atoms with E-state index in [9.17, 15) is 14.4 Å². The molecule has 0 N–H and O–H groups in total. The molecule has 0 saturated heterocycles. The first-order valence-electron chi connectivity index (χ1n) is 7.93. The Labute approximate surface area is 160 Å². The molecule has 5 nitrogen and oxygen atoms in total. The lowest BCUT2D eigenvalue weighted by atomic mass is 9.90. The SMILES string of the molecule is C[n+]1cn(CC(=O)c2ccccc2)c2c1C(=O)c1ccccc1C2=O.[Br-]. The molecule has 0 amide bonds. The Balaban J connectivity index is 0.00000196. The number of halogens is 1. The molecule has 0 atom stereocenters. The number of benzene rings is 2. The first-order chi connectivity index (χ1) is 12.1. The van der Waals surface area contributed by atoms with Crippen molar-refractivity contribution in [3.63, 3.8) is 0 Å². The van der Waals surface area contributed by atoms with Crippen molar-refractivity contribution in [2.45, 2.75) is 6.54 Å². The topological polar surface area (TPSA) is 60.0 Å². The molecule has 0 bridgehead atoms. The molecule has 1 heterocycles. The van der Waals surface area contributed by atoms with E-state index in [1.54, 1.807) is 71.0 Å². The number of hydrogen-bond donors (Lipinski definition) is 0. The molecular weight excluding hydrogens is 396 g/mol. The van der Waals surface area contributed by atoms with Gasteiger partial charge in [-0.2, -0.15) is 0 Å². The zero-order chi connectivity index (χ0) is 17.6. The minimum Gasteiger partial charge on any atom is -1.00 e. The predicted octanol–water partition coefficient (Wildman–Crippen LogP) is -1.03. The van der Waals surface area contributed by atoms with Gasteiger partial charge in [0.15, 0.2) is 6.54 Å². The second kappa shape index (κ2) is 6.80. The van der Waals surface area contributed by atoms with Crippen LogP contribution in [0.1, 0.15) is 42.5 Å². The third kappa shape index (κ3) is 2.72. The fourth-order valence-electron chi connectivity index (χ4n) is 3.26. The summed E-state index contributed by atoms with van der Waals surface area (Å²) in [5, 5.41) is 0. The Kier molecular flexibility index (Phi) is 4.70. The number of nitrogens with zero attached hydrogens (tertiary/aromatic N) is 2. The van der Waals surface area contributed by atoms with Gasteiger partial charge in [0, 0.05) is 16.7 Å². The van der Waals surface area contributed by atoms with Crippen molar-refractivity contribution in [3.8, 4) is 0 Å². The maximum absolute atomic E-state index is 12.9. The summed E-state index contributed by atoms with van der Waals surface area (Å²) in [6.07, 6.45) is 1.63. The Morgan fingerprint density at radius 3 is 2.15 bits per heavy atom. The van der Waals surface area contributed by atoms with E-state index in [0.29, 0.717) is 22.4 Å². The average Bonchev–Trinajstić information content (AvgIpc) is 2.96. The number of hydrogen-bond acceptors (Lipinski definition) is 3. The van der Waals surface area contributed by atoms with Gasteiger partial charge in [-0.05, 0) is 0 Å². The van der Waals surface area contributed by atoms with Crippen molar-refractivity contribution in [2.75, 3.05) is 0 Å². The van der Waals surface area contributed by atoms with Crippen LogP contribution in [0.3, 0.4) is 0 Å². The van der Waals surface area contributed by atoms with Crippen LogP contribution in [0.25, 0.3) is 0 Å². The molecule has 3 aromatic rings. The lowest BCUT2D eigenvalue weighted by molar-refractivity contribution is -0.672.